The summed E-state index contributed by atoms with van der Waals surface area (Å²) in [5.74, 6) is 0.935. The summed E-state index contributed by atoms with van der Waals surface area (Å²) in [5, 5.41) is 5.16. The average molecular weight is 426 g/mol. The lowest BCUT2D eigenvalue weighted by Crippen LogP contribution is -2.38. The number of ether oxygens (including phenoxy) is 1. The van der Waals surface area contributed by atoms with Crippen molar-refractivity contribution in [3.63, 3.8) is 0 Å². The molecule has 7 nitrogen and oxygen atoms in total. The Morgan fingerprint density at radius 2 is 2.13 bits per heavy atom. The maximum absolute atomic E-state index is 12.6. The van der Waals surface area contributed by atoms with Crippen LogP contribution in [-0.2, 0) is 23.3 Å². The fourth-order valence-corrected chi connectivity index (χ4v) is 3.90. The molecule has 0 atom stereocenters. The van der Waals surface area contributed by atoms with E-state index < -0.39 is 0 Å². The van der Waals surface area contributed by atoms with E-state index in [1.807, 2.05) is 18.2 Å². The van der Waals surface area contributed by atoms with E-state index in [2.05, 4.69) is 31.1 Å². The lowest BCUT2D eigenvalue weighted by Gasteiger charge is -2.30. The minimum absolute atomic E-state index is 0.0102. The lowest BCUT2D eigenvalue weighted by molar-refractivity contribution is -0.121. The summed E-state index contributed by atoms with van der Waals surface area (Å²) in [5.41, 5.74) is 2.12. The molecule has 4 rings (SSSR count). The molecule has 1 aliphatic rings. The van der Waals surface area contributed by atoms with Crippen LogP contribution in [0.15, 0.2) is 46.4 Å². The molecule has 0 saturated heterocycles. The summed E-state index contributed by atoms with van der Waals surface area (Å²) in [6.07, 6.45) is 1.56. The number of amides is 2. The molecule has 0 bridgehead atoms. The van der Waals surface area contributed by atoms with Crippen molar-refractivity contribution >= 4 is 28.8 Å². The van der Waals surface area contributed by atoms with Crippen molar-refractivity contribution in [2.24, 2.45) is 0 Å². The molecule has 8 heteroatoms. The van der Waals surface area contributed by atoms with Crippen LogP contribution in [0.25, 0.3) is 0 Å². The van der Waals surface area contributed by atoms with Crippen molar-refractivity contribution in [1.29, 1.82) is 0 Å². The van der Waals surface area contributed by atoms with Gasteiger partial charge in [-0.05, 0) is 35.2 Å². The Labute approximate surface area is 178 Å². The molecule has 2 amide bonds. The van der Waals surface area contributed by atoms with Gasteiger partial charge >= 0.3 is 0 Å². The van der Waals surface area contributed by atoms with Gasteiger partial charge < -0.3 is 14.5 Å². The number of aromatic nitrogens is 1. The predicted octanol–water partition coefficient (Wildman–Crippen LogP) is 3.89. The van der Waals surface area contributed by atoms with E-state index in [0.717, 1.165) is 11.3 Å². The number of furan rings is 1. The Hall–Kier alpha value is -3.13. The monoisotopic (exact) mass is 425 g/mol. The van der Waals surface area contributed by atoms with Gasteiger partial charge in [0.25, 0.3) is 11.8 Å². The van der Waals surface area contributed by atoms with Gasteiger partial charge in [-0.25, -0.2) is 4.98 Å². The Balaban J connectivity index is 1.51. The largest absolute Gasteiger partial charge is 0.482 e. The molecule has 30 heavy (non-hydrogen) atoms. The number of thiazole rings is 1. The molecule has 156 valence electrons. The van der Waals surface area contributed by atoms with Gasteiger partial charge in [-0.3, -0.25) is 14.5 Å². The maximum Gasteiger partial charge on any atom is 0.271 e. The highest BCUT2D eigenvalue weighted by Crippen LogP contribution is 2.37. The fraction of sp³-hybridized carbons (Fsp3) is 0.318. The number of anilines is 1. The summed E-state index contributed by atoms with van der Waals surface area (Å²) >= 11 is 1.35. The first kappa shape index (κ1) is 20.2. The van der Waals surface area contributed by atoms with Gasteiger partial charge in [-0.2, -0.15) is 0 Å². The second-order valence-electron chi connectivity index (χ2n) is 8.09. The van der Waals surface area contributed by atoms with E-state index in [1.54, 1.807) is 28.7 Å². The zero-order chi connectivity index (χ0) is 21.3. The third-order valence-corrected chi connectivity index (χ3v) is 5.68. The number of rotatable bonds is 5. The van der Waals surface area contributed by atoms with E-state index in [4.69, 9.17) is 9.15 Å². The molecule has 1 N–H and O–H groups in total. The van der Waals surface area contributed by atoms with Gasteiger partial charge in [0.1, 0.15) is 22.2 Å². The SMILES string of the molecule is CC(C)(C)c1ccc2c(c1)N(Cc1nc(C(=O)NCc3ccco3)cs1)C(=O)CO2. The van der Waals surface area contributed by atoms with E-state index in [1.165, 1.54) is 11.3 Å². The molecular formula is C22H23N3O4S. The summed E-state index contributed by atoms with van der Waals surface area (Å²) in [7, 11) is 0. The Bertz CT molecular complexity index is 1070. The van der Waals surface area contributed by atoms with Gasteiger partial charge in [0.15, 0.2) is 6.61 Å². The highest BCUT2D eigenvalue weighted by molar-refractivity contribution is 7.09. The Kier molecular flexibility index (Phi) is 5.34. The molecule has 1 aromatic carbocycles. The van der Waals surface area contributed by atoms with E-state index in [0.29, 0.717) is 35.3 Å². The van der Waals surface area contributed by atoms with Crippen molar-refractivity contribution in [1.82, 2.24) is 10.3 Å². The molecule has 2 aromatic heterocycles. The van der Waals surface area contributed by atoms with Crippen LogP contribution in [0.3, 0.4) is 0 Å². The highest BCUT2D eigenvalue weighted by Gasteiger charge is 2.28. The number of carbonyl (C=O) groups is 2. The number of benzene rings is 1. The van der Waals surface area contributed by atoms with Crippen molar-refractivity contribution < 1.29 is 18.7 Å². The van der Waals surface area contributed by atoms with E-state index in [-0.39, 0.29) is 23.8 Å². The molecule has 0 spiro atoms. The maximum atomic E-state index is 12.6. The second-order valence-corrected chi connectivity index (χ2v) is 9.03. The first-order chi connectivity index (χ1) is 14.3. The van der Waals surface area contributed by atoms with Crippen LogP contribution < -0.4 is 15.0 Å². The Morgan fingerprint density at radius 1 is 1.30 bits per heavy atom. The standard InChI is InChI=1S/C22H23N3O4S/c1-22(2,3)14-6-7-18-17(9-14)25(20(26)12-29-18)11-19-24-16(13-30-19)21(27)23-10-15-5-4-8-28-15/h4-9,13H,10-12H2,1-3H3,(H,23,27). The van der Waals surface area contributed by atoms with Gasteiger partial charge in [0, 0.05) is 5.38 Å². The molecule has 1 aliphatic heterocycles. The summed E-state index contributed by atoms with van der Waals surface area (Å²) in [4.78, 5) is 31.0. The minimum Gasteiger partial charge on any atom is -0.482 e. The number of fused-ring (bicyclic) bond motifs is 1. The van der Waals surface area contributed by atoms with Crippen molar-refractivity contribution in [2.45, 2.75) is 39.3 Å². The van der Waals surface area contributed by atoms with Crippen molar-refractivity contribution in [2.75, 3.05) is 11.5 Å². The van der Waals surface area contributed by atoms with Crippen LogP contribution in [0, 0.1) is 0 Å². The molecule has 0 aliphatic carbocycles. The minimum atomic E-state index is -0.280. The summed E-state index contributed by atoms with van der Waals surface area (Å²) < 4.78 is 10.8. The van der Waals surface area contributed by atoms with Gasteiger partial charge in [-0.15, -0.1) is 11.3 Å². The molecule has 0 fully saturated rings. The van der Waals surface area contributed by atoms with Crippen molar-refractivity contribution in [3.8, 4) is 5.75 Å². The number of hydrogen-bond donors (Lipinski definition) is 1. The fourth-order valence-electron chi connectivity index (χ4n) is 3.14. The normalized spacial score (nSPS) is 13.7. The second kappa shape index (κ2) is 7.95. The first-order valence-corrected chi connectivity index (χ1v) is 10.5. The third kappa shape index (κ3) is 4.23. The lowest BCUT2D eigenvalue weighted by atomic mass is 9.86. The van der Waals surface area contributed by atoms with Crippen LogP contribution in [0.5, 0.6) is 5.75 Å². The predicted molar refractivity (Wildman–Crippen MR) is 114 cm³/mol. The number of nitrogens with one attached hydrogen (secondary N) is 1. The Morgan fingerprint density at radius 3 is 2.87 bits per heavy atom. The molecule has 0 radical (unpaired) electrons. The third-order valence-electron chi connectivity index (χ3n) is 4.85. The first-order valence-electron chi connectivity index (χ1n) is 9.64. The van der Waals surface area contributed by atoms with Crippen LogP contribution in [0.2, 0.25) is 0 Å². The van der Waals surface area contributed by atoms with E-state index >= 15 is 0 Å². The van der Waals surface area contributed by atoms with Crippen LogP contribution in [0.1, 0.15) is 47.6 Å². The van der Waals surface area contributed by atoms with Crippen LogP contribution in [0.4, 0.5) is 5.69 Å². The highest BCUT2D eigenvalue weighted by atomic mass is 32.1. The van der Waals surface area contributed by atoms with Crippen LogP contribution in [-0.4, -0.2) is 23.4 Å². The van der Waals surface area contributed by atoms with Gasteiger partial charge in [-0.1, -0.05) is 26.8 Å². The smallest absolute Gasteiger partial charge is 0.271 e. The zero-order valence-electron chi connectivity index (χ0n) is 17.1. The van der Waals surface area contributed by atoms with Gasteiger partial charge in [0.05, 0.1) is 25.0 Å². The quantitative estimate of drug-likeness (QED) is 0.670. The van der Waals surface area contributed by atoms with E-state index in [9.17, 15) is 9.59 Å². The molecule has 0 saturated carbocycles. The summed E-state index contributed by atoms with van der Waals surface area (Å²) in [6.45, 7) is 6.95. The molecule has 3 aromatic rings. The zero-order valence-corrected chi connectivity index (χ0v) is 17.9. The van der Waals surface area contributed by atoms with Crippen molar-refractivity contribution in [3.05, 3.63) is 64.0 Å². The molecule has 0 unspecified atom stereocenters. The molecular weight excluding hydrogens is 402 g/mol. The topological polar surface area (TPSA) is 84.7 Å². The molecule has 3 heterocycles. The number of nitrogens with zero attached hydrogens (tertiary/aromatic N) is 2. The number of carbonyl (C=O) groups excluding carboxylic acids is 2. The average Bonchev–Trinajstić information content (AvgIpc) is 3.39. The van der Waals surface area contributed by atoms with Crippen LogP contribution >= 0.6 is 11.3 Å². The van der Waals surface area contributed by atoms with Gasteiger partial charge in [0.2, 0.25) is 0 Å². The summed E-state index contributed by atoms with van der Waals surface area (Å²) in [6, 6.07) is 9.49. The number of hydrogen-bond acceptors (Lipinski definition) is 6.